The molecule has 0 spiro atoms. The van der Waals surface area contributed by atoms with Gasteiger partial charge in [-0.1, -0.05) is 24.4 Å². The molecular weight excluding hydrogens is 230 g/mol. The van der Waals surface area contributed by atoms with Crippen molar-refractivity contribution in [3.8, 4) is 0 Å². The standard InChI is InChI=1S/C13H21N3O2/c1-10-9-12(16-18-10)7-8-14-13(17)15-11-5-3-2-4-6-11/h9,11H,2-8H2,1H3,(H2,14,15,17). The normalized spacial score (nSPS) is 16.5. The molecule has 2 rings (SSSR count). The number of urea groups is 1. The highest BCUT2D eigenvalue weighted by Gasteiger charge is 2.15. The molecule has 0 bridgehead atoms. The minimum absolute atomic E-state index is 0.0675. The number of carbonyl (C=O) groups is 1. The minimum atomic E-state index is -0.0675. The summed E-state index contributed by atoms with van der Waals surface area (Å²) in [6, 6.07) is 2.18. The molecule has 1 heterocycles. The maximum Gasteiger partial charge on any atom is 0.315 e. The molecule has 2 N–H and O–H groups in total. The van der Waals surface area contributed by atoms with Crippen molar-refractivity contribution in [1.82, 2.24) is 15.8 Å². The second kappa shape index (κ2) is 6.42. The first-order chi connectivity index (χ1) is 8.74. The first-order valence-corrected chi connectivity index (χ1v) is 6.70. The zero-order valence-electron chi connectivity index (χ0n) is 10.9. The van der Waals surface area contributed by atoms with Crippen LogP contribution in [0.2, 0.25) is 0 Å². The molecule has 0 saturated heterocycles. The summed E-state index contributed by atoms with van der Waals surface area (Å²) >= 11 is 0. The first kappa shape index (κ1) is 12.9. The molecule has 100 valence electrons. The number of aryl methyl sites for hydroxylation is 1. The Morgan fingerprint density at radius 1 is 1.44 bits per heavy atom. The van der Waals surface area contributed by atoms with Gasteiger partial charge in [-0.15, -0.1) is 0 Å². The monoisotopic (exact) mass is 251 g/mol. The Bertz CT molecular complexity index is 383. The third kappa shape index (κ3) is 4.05. The van der Waals surface area contributed by atoms with E-state index in [1.54, 1.807) is 0 Å². The minimum Gasteiger partial charge on any atom is -0.361 e. The van der Waals surface area contributed by atoms with E-state index < -0.39 is 0 Å². The van der Waals surface area contributed by atoms with Gasteiger partial charge >= 0.3 is 6.03 Å². The molecule has 1 aliphatic rings. The van der Waals surface area contributed by atoms with E-state index in [2.05, 4.69) is 15.8 Å². The number of nitrogens with zero attached hydrogens (tertiary/aromatic N) is 1. The van der Waals surface area contributed by atoms with Crippen LogP contribution in [0.3, 0.4) is 0 Å². The van der Waals surface area contributed by atoms with Gasteiger partial charge in [0.25, 0.3) is 0 Å². The Kier molecular flexibility index (Phi) is 4.61. The summed E-state index contributed by atoms with van der Waals surface area (Å²) in [5, 5.41) is 9.75. The fourth-order valence-corrected chi connectivity index (χ4v) is 2.32. The third-order valence-corrected chi connectivity index (χ3v) is 3.28. The van der Waals surface area contributed by atoms with Crippen LogP contribution in [0, 0.1) is 6.92 Å². The van der Waals surface area contributed by atoms with Gasteiger partial charge in [-0.3, -0.25) is 0 Å². The fraction of sp³-hybridized carbons (Fsp3) is 0.692. The van der Waals surface area contributed by atoms with E-state index in [4.69, 9.17) is 4.52 Å². The number of nitrogens with one attached hydrogen (secondary N) is 2. The summed E-state index contributed by atoms with van der Waals surface area (Å²) < 4.78 is 4.97. The van der Waals surface area contributed by atoms with E-state index in [9.17, 15) is 4.79 Å². The Labute approximate surface area is 107 Å². The van der Waals surface area contributed by atoms with Gasteiger partial charge in [0, 0.05) is 25.1 Å². The average molecular weight is 251 g/mol. The summed E-state index contributed by atoms with van der Waals surface area (Å²) in [7, 11) is 0. The number of hydrogen-bond donors (Lipinski definition) is 2. The van der Waals surface area contributed by atoms with Crippen LogP contribution in [0.25, 0.3) is 0 Å². The van der Waals surface area contributed by atoms with Crippen molar-refractivity contribution in [3.05, 3.63) is 17.5 Å². The number of aromatic nitrogens is 1. The molecule has 0 radical (unpaired) electrons. The van der Waals surface area contributed by atoms with Crippen LogP contribution in [0.5, 0.6) is 0 Å². The summed E-state index contributed by atoms with van der Waals surface area (Å²) in [6.45, 7) is 2.45. The molecule has 1 aromatic rings. The number of amides is 2. The quantitative estimate of drug-likeness (QED) is 0.861. The summed E-state index contributed by atoms with van der Waals surface area (Å²) in [6.07, 6.45) is 6.67. The molecule has 0 atom stereocenters. The number of carbonyl (C=O) groups excluding carboxylic acids is 1. The maximum atomic E-state index is 11.6. The highest BCUT2D eigenvalue weighted by molar-refractivity contribution is 5.74. The van der Waals surface area contributed by atoms with Crippen molar-refractivity contribution in [1.29, 1.82) is 0 Å². The van der Waals surface area contributed by atoms with Crippen molar-refractivity contribution < 1.29 is 9.32 Å². The van der Waals surface area contributed by atoms with Gasteiger partial charge in [-0.05, 0) is 19.8 Å². The molecule has 0 unspecified atom stereocenters. The van der Waals surface area contributed by atoms with Crippen LogP contribution < -0.4 is 10.6 Å². The van der Waals surface area contributed by atoms with Gasteiger partial charge in [0.2, 0.25) is 0 Å². The second-order valence-electron chi connectivity index (χ2n) is 4.91. The highest BCUT2D eigenvalue weighted by atomic mass is 16.5. The van der Waals surface area contributed by atoms with Crippen LogP contribution in [-0.4, -0.2) is 23.8 Å². The SMILES string of the molecule is Cc1cc(CCNC(=O)NC2CCCCC2)no1. The van der Waals surface area contributed by atoms with Gasteiger partial charge in [-0.25, -0.2) is 4.79 Å². The van der Waals surface area contributed by atoms with Crippen LogP contribution in [0.4, 0.5) is 4.79 Å². The summed E-state index contributed by atoms with van der Waals surface area (Å²) in [4.78, 5) is 11.6. The van der Waals surface area contributed by atoms with E-state index in [-0.39, 0.29) is 6.03 Å². The number of hydrogen-bond acceptors (Lipinski definition) is 3. The molecule has 0 aliphatic heterocycles. The van der Waals surface area contributed by atoms with Crippen LogP contribution in [0.15, 0.2) is 10.6 Å². The van der Waals surface area contributed by atoms with E-state index >= 15 is 0 Å². The Hall–Kier alpha value is -1.52. The molecule has 5 nitrogen and oxygen atoms in total. The molecule has 18 heavy (non-hydrogen) atoms. The predicted octanol–water partition coefficient (Wildman–Crippen LogP) is 2.16. The zero-order valence-corrected chi connectivity index (χ0v) is 10.9. The Morgan fingerprint density at radius 2 is 2.22 bits per heavy atom. The summed E-state index contributed by atoms with van der Waals surface area (Å²) in [5.74, 6) is 0.802. The molecule has 5 heteroatoms. The van der Waals surface area contributed by atoms with Crippen molar-refractivity contribution in [2.24, 2.45) is 0 Å². The first-order valence-electron chi connectivity index (χ1n) is 6.70. The van der Waals surface area contributed by atoms with Gasteiger partial charge in [0.05, 0.1) is 5.69 Å². The van der Waals surface area contributed by atoms with Gasteiger partial charge in [0.1, 0.15) is 5.76 Å². The van der Waals surface area contributed by atoms with Crippen molar-refractivity contribution in [2.75, 3.05) is 6.54 Å². The zero-order chi connectivity index (χ0) is 12.8. The molecule has 1 saturated carbocycles. The van der Waals surface area contributed by atoms with Gasteiger partial charge in [-0.2, -0.15) is 0 Å². The van der Waals surface area contributed by atoms with Gasteiger partial charge < -0.3 is 15.2 Å². The van der Waals surface area contributed by atoms with E-state index in [0.717, 1.165) is 24.3 Å². The lowest BCUT2D eigenvalue weighted by atomic mass is 9.96. The van der Waals surface area contributed by atoms with Crippen molar-refractivity contribution in [3.63, 3.8) is 0 Å². The number of rotatable bonds is 4. The van der Waals surface area contributed by atoms with Crippen LogP contribution in [-0.2, 0) is 6.42 Å². The van der Waals surface area contributed by atoms with Crippen LogP contribution >= 0.6 is 0 Å². The molecule has 1 aliphatic carbocycles. The molecule has 2 amide bonds. The van der Waals surface area contributed by atoms with Crippen LogP contribution in [0.1, 0.15) is 43.6 Å². The predicted molar refractivity (Wildman–Crippen MR) is 68.4 cm³/mol. The highest BCUT2D eigenvalue weighted by Crippen LogP contribution is 2.17. The lowest BCUT2D eigenvalue weighted by Crippen LogP contribution is -2.43. The molecule has 1 aromatic heterocycles. The second-order valence-corrected chi connectivity index (χ2v) is 4.91. The van der Waals surface area contributed by atoms with E-state index in [1.807, 2.05) is 13.0 Å². The lowest BCUT2D eigenvalue weighted by molar-refractivity contribution is 0.232. The lowest BCUT2D eigenvalue weighted by Gasteiger charge is -2.22. The van der Waals surface area contributed by atoms with Crippen molar-refractivity contribution >= 4 is 6.03 Å². The fourth-order valence-electron chi connectivity index (χ4n) is 2.32. The molecule has 1 fully saturated rings. The van der Waals surface area contributed by atoms with Crippen molar-refractivity contribution in [2.45, 2.75) is 51.5 Å². The Balaban J connectivity index is 1.62. The average Bonchev–Trinajstić information content (AvgIpc) is 2.76. The van der Waals surface area contributed by atoms with E-state index in [0.29, 0.717) is 19.0 Å². The molecular formula is C13H21N3O2. The summed E-state index contributed by atoms with van der Waals surface area (Å²) in [5.41, 5.74) is 0.880. The topological polar surface area (TPSA) is 67.2 Å². The van der Waals surface area contributed by atoms with E-state index in [1.165, 1.54) is 19.3 Å². The smallest absolute Gasteiger partial charge is 0.315 e. The third-order valence-electron chi connectivity index (χ3n) is 3.28. The Morgan fingerprint density at radius 3 is 2.89 bits per heavy atom. The van der Waals surface area contributed by atoms with Gasteiger partial charge in [0.15, 0.2) is 0 Å². The molecule has 0 aromatic carbocycles. The maximum absolute atomic E-state index is 11.6. The largest absolute Gasteiger partial charge is 0.361 e.